The molecule has 1 amide bonds. The molecule has 0 N–H and O–H groups in total. The number of fused-ring (bicyclic) bond motifs is 1. The third-order valence-electron chi connectivity index (χ3n) is 5.98. The maximum absolute atomic E-state index is 14.7. The normalized spacial score (nSPS) is 26.7. The number of methoxy groups -OCH3 is 1. The molecular formula is C21H28F2N2O4. The molecule has 160 valence electrons. The molecule has 1 atom stereocenters. The molecule has 0 aliphatic carbocycles. The van der Waals surface area contributed by atoms with Crippen LogP contribution < -0.4 is 9.47 Å². The molecule has 3 aliphatic rings. The summed E-state index contributed by atoms with van der Waals surface area (Å²) in [5, 5.41) is 0. The molecule has 6 nitrogen and oxygen atoms in total. The summed E-state index contributed by atoms with van der Waals surface area (Å²) < 4.78 is 45.7. The lowest BCUT2D eigenvalue weighted by atomic mass is 9.71. The highest BCUT2D eigenvalue weighted by Gasteiger charge is 2.55. The first kappa shape index (κ1) is 20.3. The van der Waals surface area contributed by atoms with Gasteiger partial charge in [0.25, 0.3) is 5.92 Å². The zero-order valence-electron chi connectivity index (χ0n) is 16.8. The summed E-state index contributed by atoms with van der Waals surface area (Å²) in [6, 6.07) is 5.54. The third-order valence-corrected chi connectivity index (χ3v) is 5.98. The van der Waals surface area contributed by atoms with E-state index >= 15 is 0 Å². The largest absolute Gasteiger partial charge is 0.486 e. The van der Waals surface area contributed by atoms with Crippen LogP contribution in [0.15, 0.2) is 18.2 Å². The van der Waals surface area contributed by atoms with Gasteiger partial charge in [-0.1, -0.05) is 6.07 Å². The van der Waals surface area contributed by atoms with E-state index < -0.39 is 11.3 Å². The molecule has 0 radical (unpaired) electrons. The maximum atomic E-state index is 14.7. The van der Waals surface area contributed by atoms with Gasteiger partial charge in [0.1, 0.15) is 13.2 Å². The second-order valence-corrected chi connectivity index (χ2v) is 8.32. The minimum Gasteiger partial charge on any atom is -0.486 e. The van der Waals surface area contributed by atoms with Crippen LogP contribution in [-0.2, 0) is 16.1 Å². The van der Waals surface area contributed by atoms with Gasteiger partial charge in [-0.15, -0.1) is 0 Å². The Morgan fingerprint density at radius 2 is 1.97 bits per heavy atom. The molecule has 8 heteroatoms. The fourth-order valence-corrected chi connectivity index (χ4v) is 4.85. The van der Waals surface area contributed by atoms with E-state index in [-0.39, 0.29) is 18.9 Å². The molecule has 1 aromatic rings. The number of hydrogen-bond donors (Lipinski definition) is 0. The number of carbonyl (C=O) groups is 1. The van der Waals surface area contributed by atoms with Crippen molar-refractivity contribution < 1.29 is 27.8 Å². The van der Waals surface area contributed by atoms with E-state index in [1.807, 2.05) is 18.2 Å². The fraction of sp³-hybridized carbons (Fsp3) is 0.667. The zero-order valence-corrected chi connectivity index (χ0v) is 16.8. The van der Waals surface area contributed by atoms with Crippen molar-refractivity contribution in [1.82, 2.24) is 9.80 Å². The summed E-state index contributed by atoms with van der Waals surface area (Å²) >= 11 is 0. The van der Waals surface area contributed by atoms with Gasteiger partial charge in [-0.25, -0.2) is 8.78 Å². The predicted octanol–water partition coefficient (Wildman–Crippen LogP) is 2.55. The number of ether oxygens (including phenoxy) is 3. The minimum absolute atomic E-state index is 0.160. The molecule has 0 saturated carbocycles. The number of benzene rings is 1. The summed E-state index contributed by atoms with van der Waals surface area (Å²) in [6.07, 6.45) is 0.867. The first-order valence-electron chi connectivity index (χ1n) is 10.2. The van der Waals surface area contributed by atoms with Gasteiger partial charge in [-0.2, -0.15) is 0 Å². The van der Waals surface area contributed by atoms with Gasteiger partial charge < -0.3 is 19.1 Å². The van der Waals surface area contributed by atoms with Gasteiger partial charge in [-0.3, -0.25) is 9.69 Å². The van der Waals surface area contributed by atoms with Crippen molar-refractivity contribution >= 4 is 5.91 Å². The summed E-state index contributed by atoms with van der Waals surface area (Å²) in [6.45, 7) is 2.82. The molecule has 4 rings (SSSR count). The van der Waals surface area contributed by atoms with Crippen molar-refractivity contribution in [2.75, 3.05) is 53.1 Å². The molecule has 0 bridgehead atoms. The highest BCUT2D eigenvalue weighted by atomic mass is 19.3. The van der Waals surface area contributed by atoms with Crippen molar-refractivity contribution in [3.63, 3.8) is 0 Å². The van der Waals surface area contributed by atoms with Gasteiger partial charge >= 0.3 is 0 Å². The number of alkyl halides is 2. The van der Waals surface area contributed by atoms with Crippen molar-refractivity contribution in [3.05, 3.63) is 23.8 Å². The van der Waals surface area contributed by atoms with Crippen molar-refractivity contribution in [1.29, 1.82) is 0 Å². The van der Waals surface area contributed by atoms with E-state index in [0.717, 1.165) is 12.0 Å². The smallest absolute Gasteiger partial charge is 0.261 e. The number of carbonyl (C=O) groups excluding carboxylic acids is 1. The second-order valence-electron chi connectivity index (χ2n) is 8.32. The molecule has 2 fully saturated rings. The molecular weight excluding hydrogens is 382 g/mol. The summed E-state index contributed by atoms with van der Waals surface area (Å²) in [5.74, 6) is -1.73. The lowest BCUT2D eigenvalue weighted by Gasteiger charge is -2.49. The number of halogens is 2. The van der Waals surface area contributed by atoms with Crippen LogP contribution in [-0.4, -0.2) is 74.7 Å². The van der Waals surface area contributed by atoms with Crippen molar-refractivity contribution in [3.8, 4) is 11.5 Å². The Morgan fingerprint density at radius 3 is 2.76 bits per heavy atom. The van der Waals surface area contributed by atoms with E-state index in [0.29, 0.717) is 63.9 Å². The van der Waals surface area contributed by atoms with Crippen LogP contribution in [0.3, 0.4) is 0 Å². The number of piperidine rings is 2. The van der Waals surface area contributed by atoms with Crippen LogP contribution in [0.1, 0.15) is 24.8 Å². The summed E-state index contributed by atoms with van der Waals surface area (Å²) in [4.78, 5) is 16.6. The standard InChI is InChI=1S/C21H28F2N2O4/c1-27-8-7-25-6-2-5-20(19(25)26)13-21(22,23)15-24(14-20)12-16-3-4-17-18(11-16)29-10-9-28-17/h3-4,11H,2,5-10,12-15H2,1H3/t20-/m1/s1. The Morgan fingerprint density at radius 1 is 1.17 bits per heavy atom. The predicted molar refractivity (Wildman–Crippen MR) is 102 cm³/mol. The van der Waals surface area contributed by atoms with Crippen LogP contribution in [0.2, 0.25) is 0 Å². The molecule has 0 aromatic heterocycles. The first-order valence-corrected chi connectivity index (χ1v) is 10.2. The molecule has 0 unspecified atom stereocenters. The zero-order chi connectivity index (χ0) is 20.5. The Kier molecular flexibility index (Phi) is 5.66. The van der Waals surface area contributed by atoms with E-state index in [2.05, 4.69) is 0 Å². The van der Waals surface area contributed by atoms with Gasteiger partial charge in [0.2, 0.25) is 5.91 Å². The maximum Gasteiger partial charge on any atom is 0.261 e. The van der Waals surface area contributed by atoms with Crippen LogP contribution in [0, 0.1) is 5.41 Å². The van der Waals surface area contributed by atoms with E-state index in [9.17, 15) is 13.6 Å². The van der Waals surface area contributed by atoms with E-state index in [1.54, 1.807) is 16.9 Å². The molecule has 3 heterocycles. The Balaban J connectivity index is 1.52. The number of amides is 1. The number of hydrogen-bond acceptors (Lipinski definition) is 5. The lowest BCUT2D eigenvalue weighted by molar-refractivity contribution is -0.170. The Hall–Kier alpha value is -1.93. The van der Waals surface area contributed by atoms with Gasteiger partial charge in [0.05, 0.1) is 18.6 Å². The average molecular weight is 410 g/mol. The van der Waals surface area contributed by atoms with Crippen molar-refractivity contribution in [2.24, 2.45) is 5.41 Å². The van der Waals surface area contributed by atoms with Crippen LogP contribution in [0.25, 0.3) is 0 Å². The van der Waals surface area contributed by atoms with E-state index in [1.165, 1.54) is 0 Å². The Labute approximate surface area is 169 Å². The Bertz CT molecular complexity index is 760. The van der Waals surface area contributed by atoms with Gasteiger partial charge in [0, 0.05) is 39.7 Å². The topological polar surface area (TPSA) is 51.2 Å². The highest BCUT2D eigenvalue weighted by Crippen LogP contribution is 2.45. The number of nitrogens with zero attached hydrogens (tertiary/aromatic N) is 2. The molecule has 1 aromatic carbocycles. The molecule has 2 saturated heterocycles. The molecule has 29 heavy (non-hydrogen) atoms. The first-order chi connectivity index (χ1) is 13.9. The number of likely N-dealkylation sites (tertiary alicyclic amines) is 2. The highest BCUT2D eigenvalue weighted by molar-refractivity contribution is 5.84. The quantitative estimate of drug-likeness (QED) is 0.747. The van der Waals surface area contributed by atoms with Crippen LogP contribution in [0.4, 0.5) is 8.78 Å². The average Bonchev–Trinajstić information content (AvgIpc) is 2.68. The van der Waals surface area contributed by atoms with Gasteiger partial charge in [-0.05, 0) is 30.5 Å². The lowest BCUT2D eigenvalue weighted by Crippen LogP contribution is -2.61. The third kappa shape index (κ3) is 4.33. The fourth-order valence-electron chi connectivity index (χ4n) is 4.85. The van der Waals surface area contributed by atoms with Gasteiger partial charge in [0.15, 0.2) is 11.5 Å². The number of rotatable bonds is 5. The van der Waals surface area contributed by atoms with Crippen LogP contribution >= 0.6 is 0 Å². The summed E-state index contributed by atoms with van der Waals surface area (Å²) in [7, 11) is 1.58. The van der Waals surface area contributed by atoms with Crippen molar-refractivity contribution in [2.45, 2.75) is 31.7 Å². The second kappa shape index (κ2) is 8.07. The molecule has 1 spiro atoms. The molecule has 3 aliphatic heterocycles. The SMILES string of the molecule is COCCN1CCC[C@@]2(CN(Cc3ccc4c(c3)OCCO4)CC(F)(F)C2)C1=O. The summed E-state index contributed by atoms with van der Waals surface area (Å²) in [5.41, 5.74) is -0.150. The van der Waals surface area contributed by atoms with E-state index in [4.69, 9.17) is 14.2 Å². The monoisotopic (exact) mass is 410 g/mol. The minimum atomic E-state index is -2.90. The van der Waals surface area contributed by atoms with Crippen LogP contribution in [0.5, 0.6) is 11.5 Å².